The van der Waals surface area contributed by atoms with Crippen molar-refractivity contribution < 1.29 is 14.7 Å². The molecular weight excluding hydrogens is 218 g/mol. The Kier molecular flexibility index (Phi) is 3.40. The molecule has 0 aromatic carbocycles. The Labute approximate surface area is 102 Å². The highest BCUT2D eigenvalue weighted by atomic mass is 16.4. The summed E-state index contributed by atoms with van der Waals surface area (Å²) in [6.07, 6.45) is 3.76. The Balaban J connectivity index is 2.16. The van der Waals surface area contributed by atoms with Gasteiger partial charge in [0.1, 0.15) is 0 Å². The molecule has 1 N–H and O–H groups in total. The van der Waals surface area contributed by atoms with Crippen molar-refractivity contribution in [1.29, 1.82) is 0 Å². The summed E-state index contributed by atoms with van der Waals surface area (Å²) < 4.78 is 0. The molecule has 4 nitrogen and oxygen atoms in total. The van der Waals surface area contributed by atoms with E-state index in [4.69, 9.17) is 5.11 Å². The van der Waals surface area contributed by atoms with Gasteiger partial charge < -0.3 is 10.0 Å². The average molecular weight is 239 g/mol. The van der Waals surface area contributed by atoms with E-state index in [0.717, 1.165) is 19.3 Å². The second-order valence-corrected chi connectivity index (χ2v) is 5.62. The molecule has 2 fully saturated rings. The lowest BCUT2D eigenvalue weighted by atomic mass is 9.82. The molecule has 4 heteroatoms. The van der Waals surface area contributed by atoms with Gasteiger partial charge in [-0.05, 0) is 44.9 Å². The number of amides is 1. The first kappa shape index (κ1) is 12.4. The number of hydrogen-bond acceptors (Lipinski definition) is 2. The first-order valence-electron chi connectivity index (χ1n) is 6.53. The fraction of sp³-hybridized carbons (Fsp3) is 0.846. The molecule has 0 aromatic rings. The smallest absolute Gasteiger partial charge is 0.303 e. The molecule has 2 rings (SSSR count). The summed E-state index contributed by atoms with van der Waals surface area (Å²) in [5.41, 5.74) is 0. The fourth-order valence-electron chi connectivity index (χ4n) is 3.13. The Bertz CT molecular complexity index is 323. The van der Waals surface area contributed by atoms with Crippen LogP contribution in [-0.2, 0) is 9.59 Å². The van der Waals surface area contributed by atoms with Crippen molar-refractivity contribution in [1.82, 2.24) is 4.90 Å². The molecule has 1 aliphatic carbocycles. The van der Waals surface area contributed by atoms with Gasteiger partial charge in [-0.15, -0.1) is 0 Å². The molecule has 96 valence electrons. The quantitative estimate of drug-likeness (QED) is 0.815. The largest absolute Gasteiger partial charge is 0.481 e. The van der Waals surface area contributed by atoms with Gasteiger partial charge in [-0.25, -0.2) is 0 Å². The van der Waals surface area contributed by atoms with Crippen LogP contribution in [0.5, 0.6) is 0 Å². The van der Waals surface area contributed by atoms with E-state index in [-0.39, 0.29) is 30.3 Å². The molecule has 17 heavy (non-hydrogen) atoms. The zero-order chi connectivity index (χ0) is 12.6. The van der Waals surface area contributed by atoms with Crippen LogP contribution in [-0.4, -0.2) is 34.0 Å². The van der Waals surface area contributed by atoms with E-state index < -0.39 is 5.97 Å². The third kappa shape index (κ3) is 2.61. The topological polar surface area (TPSA) is 57.6 Å². The number of piperidine rings is 1. The van der Waals surface area contributed by atoms with Crippen LogP contribution in [0.25, 0.3) is 0 Å². The van der Waals surface area contributed by atoms with Crippen LogP contribution < -0.4 is 0 Å². The van der Waals surface area contributed by atoms with Crippen LogP contribution >= 0.6 is 0 Å². The highest BCUT2D eigenvalue weighted by Crippen LogP contribution is 2.44. The van der Waals surface area contributed by atoms with Crippen molar-refractivity contribution in [3.8, 4) is 0 Å². The van der Waals surface area contributed by atoms with Crippen molar-refractivity contribution in [2.24, 2.45) is 11.8 Å². The van der Waals surface area contributed by atoms with Gasteiger partial charge in [0.15, 0.2) is 0 Å². The summed E-state index contributed by atoms with van der Waals surface area (Å²) in [5, 5.41) is 8.97. The molecule has 0 unspecified atom stereocenters. The number of likely N-dealkylation sites (tertiary alicyclic amines) is 1. The lowest BCUT2D eigenvalue weighted by molar-refractivity contribution is -0.147. The van der Waals surface area contributed by atoms with E-state index in [1.54, 1.807) is 0 Å². The first-order valence-corrected chi connectivity index (χ1v) is 6.53. The average Bonchev–Trinajstić information content (AvgIpc) is 3.02. The zero-order valence-corrected chi connectivity index (χ0v) is 10.6. The van der Waals surface area contributed by atoms with Crippen molar-refractivity contribution in [2.45, 2.75) is 58.0 Å². The number of hydrogen-bond donors (Lipinski definition) is 1. The molecule has 1 saturated carbocycles. The molecule has 0 spiro atoms. The third-order valence-corrected chi connectivity index (χ3v) is 3.92. The fourth-order valence-corrected chi connectivity index (χ4v) is 3.13. The maximum Gasteiger partial charge on any atom is 0.303 e. The highest BCUT2D eigenvalue weighted by molar-refractivity contribution is 5.78. The summed E-state index contributed by atoms with van der Waals surface area (Å²) in [7, 11) is 0. The molecule has 1 heterocycles. The molecule has 2 atom stereocenters. The number of carboxylic acid groups (broad SMARTS) is 1. The molecule has 1 amide bonds. The number of nitrogens with zero attached hydrogens (tertiary/aromatic N) is 1. The normalized spacial score (nSPS) is 29.8. The minimum absolute atomic E-state index is 0.153. The molecule has 0 bridgehead atoms. The van der Waals surface area contributed by atoms with Gasteiger partial charge in [0.25, 0.3) is 0 Å². The Morgan fingerprint density at radius 1 is 1.41 bits per heavy atom. The van der Waals surface area contributed by atoms with Crippen molar-refractivity contribution in [3.05, 3.63) is 0 Å². The van der Waals surface area contributed by atoms with Crippen LogP contribution in [0.2, 0.25) is 0 Å². The molecule has 2 aliphatic rings. The summed E-state index contributed by atoms with van der Waals surface area (Å²) in [5.74, 6) is 0.170. The number of carboxylic acids is 1. The van der Waals surface area contributed by atoms with E-state index in [1.807, 2.05) is 18.7 Å². The predicted octanol–water partition coefficient (Wildman–Crippen LogP) is 1.89. The van der Waals surface area contributed by atoms with Gasteiger partial charge in [0.2, 0.25) is 5.91 Å². The van der Waals surface area contributed by atoms with Crippen molar-refractivity contribution in [3.63, 3.8) is 0 Å². The number of carbonyl (C=O) groups is 2. The second kappa shape index (κ2) is 4.67. The van der Waals surface area contributed by atoms with Crippen LogP contribution in [0, 0.1) is 11.8 Å². The summed E-state index contributed by atoms with van der Waals surface area (Å²) in [4.78, 5) is 24.9. The van der Waals surface area contributed by atoms with E-state index in [0.29, 0.717) is 12.3 Å². The van der Waals surface area contributed by atoms with Gasteiger partial charge in [0.05, 0.1) is 6.42 Å². The summed E-state index contributed by atoms with van der Waals surface area (Å²) >= 11 is 0. The monoisotopic (exact) mass is 239 g/mol. The van der Waals surface area contributed by atoms with Crippen LogP contribution in [0.3, 0.4) is 0 Å². The first-order chi connectivity index (χ1) is 8.00. The van der Waals surface area contributed by atoms with Crippen LogP contribution in [0.4, 0.5) is 0 Å². The van der Waals surface area contributed by atoms with Crippen molar-refractivity contribution in [2.75, 3.05) is 0 Å². The molecular formula is C13H21NO3. The second-order valence-electron chi connectivity index (χ2n) is 5.62. The third-order valence-electron chi connectivity index (χ3n) is 3.92. The maximum absolute atomic E-state index is 12.0. The lowest BCUT2D eigenvalue weighted by Crippen LogP contribution is -2.53. The molecule has 0 radical (unpaired) electrons. The van der Waals surface area contributed by atoms with E-state index in [9.17, 15) is 9.59 Å². The lowest BCUT2D eigenvalue weighted by Gasteiger charge is -2.43. The maximum atomic E-state index is 12.0. The van der Waals surface area contributed by atoms with E-state index in [2.05, 4.69) is 0 Å². The highest BCUT2D eigenvalue weighted by Gasteiger charge is 2.45. The van der Waals surface area contributed by atoms with E-state index >= 15 is 0 Å². The van der Waals surface area contributed by atoms with Gasteiger partial charge in [-0.3, -0.25) is 9.59 Å². The number of rotatable bonds is 4. The predicted molar refractivity (Wildman–Crippen MR) is 63.5 cm³/mol. The Morgan fingerprint density at radius 3 is 2.53 bits per heavy atom. The minimum Gasteiger partial charge on any atom is -0.481 e. The van der Waals surface area contributed by atoms with Gasteiger partial charge in [-0.1, -0.05) is 0 Å². The summed E-state index contributed by atoms with van der Waals surface area (Å²) in [6.45, 7) is 4.05. The SMILES string of the molecule is CC(C)N1C(=O)CC[C@H](CC(=O)O)[C@H]1C1CC1. The standard InChI is InChI=1S/C13H21NO3/c1-8(2)14-11(15)6-5-10(7-12(16)17)13(14)9-3-4-9/h8-10,13H,3-7H2,1-2H3,(H,16,17)/t10-,13-/m1/s1. The Hall–Kier alpha value is -1.06. The molecule has 1 aliphatic heterocycles. The summed E-state index contributed by atoms with van der Waals surface area (Å²) in [6, 6.07) is 0.358. The Morgan fingerprint density at radius 2 is 2.06 bits per heavy atom. The van der Waals surface area contributed by atoms with Crippen LogP contribution in [0.1, 0.15) is 46.0 Å². The molecule has 1 saturated heterocycles. The number of aliphatic carboxylic acids is 1. The van der Waals surface area contributed by atoms with Gasteiger partial charge in [-0.2, -0.15) is 0 Å². The van der Waals surface area contributed by atoms with Gasteiger partial charge in [0, 0.05) is 18.5 Å². The minimum atomic E-state index is -0.737. The molecule has 0 aromatic heterocycles. The van der Waals surface area contributed by atoms with Crippen molar-refractivity contribution >= 4 is 11.9 Å². The van der Waals surface area contributed by atoms with Crippen LogP contribution in [0.15, 0.2) is 0 Å². The zero-order valence-electron chi connectivity index (χ0n) is 10.6. The number of carbonyl (C=O) groups excluding carboxylic acids is 1. The van der Waals surface area contributed by atoms with E-state index in [1.165, 1.54) is 0 Å². The van der Waals surface area contributed by atoms with Gasteiger partial charge >= 0.3 is 5.97 Å².